The van der Waals surface area contributed by atoms with Crippen molar-refractivity contribution in [3.8, 4) is 6.07 Å². The molecule has 0 aliphatic heterocycles. The second-order valence-corrected chi connectivity index (χ2v) is 5.52. The van der Waals surface area contributed by atoms with Crippen LogP contribution in [0, 0.1) is 24.2 Å². The Morgan fingerprint density at radius 1 is 1.42 bits per heavy atom. The molecule has 0 spiro atoms. The van der Waals surface area contributed by atoms with E-state index in [0.717, 1.165) is 23.7 Å². The number of hydrogen-bond acceptors (Lipinski definition) is 3. The molecule has 1 unspecified atom stereocenters. The van der Waals surface area contributed by atoms with Crippen molar-refractivity contribution in [3.05, 3.63) is 23.4 Å². The van der Waals surface area contributed by atoms with E-state index in [1.54, 1.807) is 6.20 Å². The number of aryl methyl sites for hydroxylation is 1. The van der Waals surface area contributed by atoms with Crippen LogP contribution in [0.3, 0.4) is 0 Å². The number of anilines is 1. The summed E-state index contributed by atoms with van der Waals surface area (Å²) in [4.78, 5) is 4.36. The van der Waals surface area contributed by atoms with Gasteiger partial charge in [0.2, 0.25) is 0 Å². The van der Waals surface area contributed by atoms with Crippen LogP contribution in [0.2, 0.25) is 0 Å². The van der Waals surface area contributed by atoms with Gasteiger partial charge in [0, 0.05) is 12.2 Å². The van der Waals surface area contributed by atoms with Gasteiger partial charge in [0.1, 0.15) is 11.9 Å². The standard InChI is InChI=1S/C16H23N3/c1-3-15(13-7-5-4-6-8-13)19-16-14(11-17)12(2)9-10-18-16/h9-10,13,15H,3-8H2,1-2H3,(H,18,19). The predicted octanol–water partition coefficient (Wildman–Crippen LogP) is 4.03. The number of nitrogens with one attached hydrogen (secondary N) is 1. The van der Waals surface area contributed by atoms with E-state index in [0.29, 0.717) is 11.6 Å². The van der Waals surface area contributed by atoms with Crippen LogP contribution in [0.5, 0.6) is 0 Å². The van der Waals surface area contributed by atoms with Crippen molar-refractivity contribution in [2.75, 3.05) is 5.32 Å². The monoisotopic (exact) mass is 257 g/mol. The maximum absolute atomic E-state index is 9.27. The quantitative estimate of drug-likeness (QED) is 0.885. The lowest BCUT2D eigenvalue weighted by atomic mass is 9.83. The molecule has 1 aromatic heterocycles. The van der Waals surface area contributed by atoms with Crippen LogP contribution < -0.4 is 5.32 Å². The van der Waals surface area contributed by atoms with E-state index in [9.17, 15) is 5.26 Å². The third-order valence-electron chi connectivity index (χ3n) is 4.25. The van der Waals surface area contributed by atoms with Gasteiger partial charge in [0.25, 0.3) is 0 Å². The van der Waals surface area contributed by atoms with Gasteiger partial charge in [-0.25, -0.2) is 4.98 Å². The van der Waals surface area contributed by atoms with Crippen LogP contribution in [-0.2, 0) is 0 Å². The van der Waals surface area contributed by atoms with E-state index in [1.807, 2.05) is 13.0 Å². The summed E-state index contributed by atoms with van der Waals surface area (Å²) in [5.41, 5.74) is 1.69. The minimum atomic E-state index is 0.446. The maximum Gasteiger partial charge on any atom is 0.144 e. The van der Waals surface area contributed by atoms with Crippen LogP contribution in [0.25, 0.3) is 0 Å². The SMILES string of the molecule is CCC(Nc1nccc(C)c1C#N)C1CCCCC1. The van der Waals surface area contributed by atoms with Gasteiger partial charge in [-0.1, -0.05) is 26.2 Å². The first kappa shape index (κ1) is 13.9. The van der Waals surface area contributed by atoms with Gasteiger partial charge in [-0.15, -0.1) is 0 Å². The highest BCUT2D eigenvalue weighted by molar-refractivity contribution is 5.55. The highest BCUT2D eigenvalue weighted by Gasteiger charge is 2.23. The van der Waals surface area contributed by atoms with E-state index < -0.39 is 0 Å². The molecule has 19 heavy (non-hydrogen) atoms. The third kappa shape index (κ3) is 3.26. The lowest BCUT2D eigenvalue weighted by molar-refractivity contribution is 0.312. The first-order valence-electron chi connectivity index (χ1n) is 7.38. The summed E-state index contributed by atoms with van der Waals surface area (Å²) in [6.45, 7) is 4.18. The number of nitrogens with zero attached hydrogens (tertiary/aromatic N) is 2. The molecule has 1 atom stereocenters. The smallest absolute Gasteiger partial charge is 0.144 e. The number of aromatic nitrogens is 1. The lowest BCUT2D eigenvalue weighted by Gasteiger charge is -2.31. The van der Waals surface area contributed by atoms with Gasteiger partial charge < -0.3 is 5.32 Å². The van der Waals surface area contributed by atoms with Crippen molar-refractivity contribution in [1.29, 1.82) is 5.26 Å². The molecule has 1 aliphatic carbocycles. The maximum atomic E-state index is 9.27. The summed E-state index contributed by atoms with van der Waals surface area (Å²) in [6, 6.07) is 4.61. The van der Waals surface area contributed by atoms with E-state index >= 15 is 0 Å². The number of hydrogen-bond donors (Lipinski definition) is 1. The van der Waals surface area contributed by atoms with Gasteiger partial charge in [0.15, 0.2) is 0 Å². The summed E-state index contributed by atoms with van der Waals surface area (Å²) in [7, 11) is 0. The molecule has 3 nitrogen and oxygen atoms in total. The Labute approximate surface area is 116 Å². The molecule has 0 radical (unpaired) electrons. The van der Waals surface area contributed by atoms with Crippen molar-refractivity contribution < 1.29 is 0 Å². The Morgan fingerprint density at radius 3 is 2.79 bits per heavy atom. The van der Waals surface area contributed by atoms with Gasteiger partial charge in [-0.2, -0.15) is 5.26 Å². The molecule has 1 aliphatic rings. The van der Waals surface area contributed by atoms with E-state index in [4.69, 9.17) is 0 Å². The molecule has 1 saturated carbocycles. The average Bonchev–Trinajstić information content (AvgIpc) is 2.46. The highest BCUT2D eigenvalue weighted by atomic mass is 15.0. The van der Waals surface area contributed by atoms with Crippen LogP contribution >= 0.6 is 0 Å². The Hall–Kier alpha value is -1.56. The zero-order valence-electron chi connectivity index (χ0n) is 11.9. The van der Waals surface area contributed by atoms with E-state index in [2.05, 4.69) is 23.3 Å². The largest absolute Gasteiger partial charge is 0.366 e. The predicted molar refractivity (Wildman–Crippen MR) is 78.0 cm³/mol. The zero-order chi connectivity index (χ0) is 13.7. The molecule has 0 saturated heterocycles. The fraction of sp³-hybridized carbons (Fsp3) is 0.625. The van der Waals surface area contributed by atoms with Gasteiger partial charge in [0.05, 0.1) is 5.56 Å². The van der Waals surface area contributed by atoms with Crippen LogP contribution in [0.15, 0.2) is 12.3 Å². The minimum absolute atomic E-state index is 0.446. The first-order valence-corrected chi connectivity index (χ1v) is 7.38. The number of nitriles is 1. The van der Waals surface area contributed by atoms with E-state index in [1.165, 1.54) is 32.1 Å². The third-order valence-corrected chi connectivity index (χ3v) is 4.25. The molecule has 3 heteroatoms. The van der Waals surface area contributed by atoms with Gasteiger partial charge in [-0.3, -0.25) is 0 Å². The average molecular weight is 257 g/mol. The zero-order valence-corrected chi connectivity index (χ0v) is 11.9. The molecule has 0 aromatic carbocycles. The molecule has 2 rings (SSSR count). The van der Waals surface area contributed by atoms with Gasteiger partial charge >= 0.3 is 0 Å². The molecule has 1 aromatic rings. The van der Waals surface area contributed by atoms with Crippen LogP contribution in [0.4, 0.5) is 5.82 Å². The molecule has 1 heterocycles. The summed E-state index contributed by atoms with van der Waals surface area (Å²) in [6.07, 6.45) is 9.54. The molecule has 1 N–H and O–H groups in total. The molecule has 1 fully saturated rings. The van der Waals surface area contributed by atoms with Crippen molar-refractivity contribution in [1.82, 2.24) is 4.98 Å². The second kappa shape index (κ2) is 6.56. The van der Waals surface area contributed by atoms with Crippen LogP contribution in [0.1, 0.15) is 56.6 Å². The molecule has 102 valence electrons. The van der Waals surface area contributed by atoms with Crippen LogP contribution in [-0.4, -0.2) is 11.0 Å². The van der Waals surface area contributed by atoms with Crippen molar-refractivity contribution in [2.45, 2.75) is 58.4 Å². The van der Waals surface area contributed by atoms with Crippen molar-refractivity contribution in [2.24, 2.45) is 5.92 Å². The van der Waals surface area contributed by atoms with Gasteiger partial charge in [-0.05, 0) is 43.7 Å². The Balaban J connectivity index is 2.14. The summed E-state index contributed by atoms with van der Waals surface area (Å²) < 4.78 is 0. The Morgan fingerprint density at radius 2 is 2.16 bits per heavy atom. The molecular weight excluding hydrogens is 234 g/mol. The lowest BCUT2D eigenvalue weighted by Crippen LogP contribution is -2.30. The van der Waals surface area contributed by atoms with Crippen molar-refractivity contribution in [3.63, 3.8) is 0 Å². The molecule has 0 bridgehead atoms. The molecule has 0 amide bonds. The first-order chi connectivity index (χ1) is 9.26. The number of pyridine rings is 1. The summed E-state index contributed by atoms with van der Waals surface area (Å²) in [5.74, 6) is 1.49. The topological polar surface area (TPSA) is 48.7 Å². The molecular formula is C16H23N3. The highest BCUT2D eigenvalue weighted by Crippen LogP contribution is 2.30. The fourth-order valence-corrected chi connectivity index (χ4v) is 3.07. The summed E-state index contributed by atoms with van der Waals surface area (Å²) >= 11 is 0. The second-order valence-electron chi connectivity index (χ2n) is 5.52. The number of rotatable bonds is 4. The minimum Gasteiger partial charge on any atom is -0.366 e. The fourth-order valence-electron chi connectivity index (χ4n) is 3.07. The normalized spacial score (nSPS) is 17.7. The summed E-state index contributed by atoms with van der Waals surface area (Å²) in [5, 5.41) is 12.8. The Kier molecular flexibility index (Phi) is 4.79. The Bertz CT molecular complexity index is 456. The van der Waals surface area contributed by atoms with E-state index in [-0.39, 0.29) is 0 Å². The van der Waals surface area contributed by atoms with Crippen molar-refractivity contribution >= 4 is 5.82 Å².